The summed E-state index contributed by atoms with van der Waals surface area (Å²) in [6.45, 7) is 3.15. The van der Waals surface area contributed by atoms with Crippen molar-refractivity contribution >= 4 is 11.6 Å². The molecular weight excluding hydrogens is 240 g/mol. The van der Waals surface area contributed by atoms with Crippen molar-refractivity contribution in [2.45, 2.75) is 20.0 Å². The molecule has 90 valence electrons. The summed E-state index contributed by atoms with van der Waals surface area (Å²) in [5, 5.41) is 4.65. The number of aromatic nitrogens is 3. The number of hydrogen-bond donors (Lipinski definition) is 1. The highest BCUT2D eigenvalue weighted by molar-refractivity contribution is 6.31. The number of halogens is 1. The molecule has 2 aromatic rings. The van der Waals surface area contributed by atoms with Crippen molar-refractivity contribution in [1.82, 2.24) is 14.8 Å². The van der Waals surface area contributed by atoms with E-state index in [2.05, 4.69) is 10.1 Å². The first-order valence-electron chi connectivity index (χ1n) is 5.27. The Kier molecular flexibility index (Phi) is 3.61. The molecule has 6 heteroatoms. The third-order valence-corrected chi connectivity index (χ3v) is 2.63. The van der Waals surface area contributed by atoms with Crippen molar-refractivity contribution < 1.29 is 4.74 Å². The van der Waals surface area contributed by atoms with Crippen molar-refractivity contribution in [2.75, 3.05) is 0 Å². The van der Waals surface area contributed by atoms with E-state index < -0.39 is 0 Å². The van der Waals surface area contributed by atoms with E-state index in [1.807, 2.05) is 6.92 Å². The molecule has 0 atom stereocenters. The van der Waals surface area contributed by atoms with E-state index in [4.69, 9.17) is 22.1 Å². The van der Waals surface area contributed by atoms with Gasteiger partial charge >= 0.3 is 0 Å². The Balaban J connectivity index is 2.18. The molecule has 2 heterocycles. The Morgan fingerprint density at radius 2 is 2.29 bits per heavy atom. The van der Waals surface area contributed by atoms with Crippen LogP contribution in [0.5, 0.6) is 11.6 Å². The van der Waals surface area contributed by atoms with Crippen LogP contribution in [0.1, 0.15) is 12.5 Å². The maximum atomic E-state index is 5.91. The van der Waals surface area contributed by atoms with Gasteiger partial charge in [-0.1, -0.05) is 11.6 Å². The minimum absolute atomic E-state index is 0.353. The van der Waals surface area contributed by atoms with Gasteiger partial charge in [-0.15, -0.1) is 0 Å². The SMILES string of the molecule is CCn1cc(Oc2cc(CN)c(Cl)cn2)cn1. The summed E-state index contributed by atoms with van der Waals surface area (Å²) < 4.78 is 7.32. The summed E-state index contributed by atoms with van der Waals surface area (Å²) in [6.07, 6.45) is 4.98. The summed E-state index contributed by atoms with van der Waals surface area (Å²) in [5.41, 5.74) is 6.36. The summed E-state index contributed by atoms with van der Waals surface area (Å²) in [5.74, 6) is 1.11. The maximum absolute atomic E-state index is 5.91. The fraction of sp³-hybridized carbons (Fsp3) is 0.273. The predicted molar refractivity (Wildman–Crippen MR) is 65.1 cm³/mol. The zero-order valence-corrected chi connectivity index (χ0v) is 10.2. The maximum Gasteiger partial charge on any atom is 0.219 e. The molecule has 0 spiro atoms. The second-order valence-electron chi connectivity index (χ2n) is 3.45. The fourth-order valence-corrected chi connectivity index (χ4v) is 1.54. The zero-order chi connectivity index (χ0) is 12.3. The van der Waals surface area contributed by atoms with E-state index in [-0.39, 0.29) is 0 Å². The largest absolute Gasteiger partial charge is 0.436 e. The average molecular weight is 253 g/mol. The molecule has 0 radical (unpaired) electrons. The third-order valence-electron chi connectivity index (χ3n) is 2.29. The van der Waals surface area contributed by atoms with Crippen LogP contribution >= 0.6 is 11.6 Å². The second-order valence-corrected chi connectivity index (χ2v) is 3.86. The lowest BCUT2D eigenvalue weighted by atomic mass is 10.3. The van der Waals surface area contributed by atoms with Crippen molar-refractivity contribution in [3.63, 3.8) is 0 Å². The molecule has 0 fully saturated rings. The van der Waals surface area contributed by atoms with E-state index in [1.165, 1.54) is 6.20 Å². The standard InChI is InChI=1S/C11H13ClN4O/c1-2-16-7-9(5-15-16)17-11-3-8(4-13)10(12)6-14-11/h3,5-7H,2,4,13H2,1H3. The van der Waals surface area contributed by atoms with Crippen molar-refractivity contribution in [1.29, 1.82) is 0 Å². The monoisotopic (exact) mass is 252 g/mol. The quantitative estimate of drug-likeness (QED) is 0.906. The van der Waals surface area contributed by atoms with Crippen molar-refractivity contribution in [3.8, 4) is 11.6 Å². The summed E-state index contributed by atoms with van der Waals surface area (Å²) >= 11 is 5.91. The number of nitrogens with two attached hydrogens (primary N) is 1. The van der Waals surface area contributed by atoms with Crippen LogP contribution in [0, 0.1) is 0 Å². The number of hydrogen-bond acceptors (Lipinski definition) is 4. The first kappa shape index (κ1) is 11.9. The van der Waals surface area contributed by atoms with Crippen LogP contribution < -0.4 is 10.5 Å². The van der Waals surface area contributed by atoms with Gasteiger partial charge in [0.1, 0.15) is 0 Å². The summed E-state index contributed by atoms with van der Waals surface area (Å²) in [4.78, 5) is 4.07. The molecular formula is C11H13ClN4O. The van der Waals surface area contributed by atoms with E-state index in [0.717, 1.165) is 12.1 Å². The van der Waals surface area contributed by atoms with Gasteiger partial charge in [0.05, 0.1) is 17.4 Å². The Morgan fingerprint density at radius 1 is 1.47 bits per heavy atom. The molecule has 17 heavy (non-hydrogen) atoms. The van der Waals surface area contributed by atoms with Gasteiger partial charge in [0.2, 0.25) is 5.88 Å². The molecule has 0 aromatic carbocycles. The molecule has 5 nitrogen and oxygen atoms in total. The van der Waals surface area contributed by atoms with E-state index in [1.54, 1.807) is 23.1 Å². The topological polar surface area (TPSA) is 66.0 Å². The van der Waals surface area contributed by atoms with E-state index >= 15 is 0 Å². The number of rotatable bonds is 4. The van der Waals surface area contributed by atoms with Crippen molar-refractivity contribution in [2.24, 2.45) is 5.73 Å². The number of nitrogens with zero attached hydrogens (tertiary/aromatic N) is 3. The van der Waals surface area contributed by atoms with Gasteiger partial charge in [-0.25, -0.2) is 4.98 Å². The highest BCUT2D eigenvalue weighted by Gasteiger charge is 2.05. The lowest BCUT2D eigenvalue weighted by molar-refractivity contribution is 0.461. The van der Waals surface area contributed by atoms with Gasteiger partial charge in [0.15, 0.2) is 5.75 Å². The normalized spacial score (nSPS) is 10.5. The van der Waals surface area contributed by atoms with Crippen LogP contribution in [0.3, 0.4) is 0 Å². The molecule has 2 N–H and O–H groups in total. The van der Waals surface area contributed by atoms with Crippen LogP contribution in [-0.2, 0) is 13.1 Å². The minimum Gasteiger partial charge on any atom is -0.436 e. The second kappa shape index (κ2) is 5.16. The number of aryl methyl sites for hydroxylation is 1. The van der Waals surface area contributed by atoms with Crippen LogP contribution in [0.15, 0.2) is 24.7 Å². The van der Waals surface area contributed by atoms with Gasteiger partial charge in [0, 0.05) is 25.4 Å². The van der Waals surface area contributed by atoms with Crippen LogP contribution in [0.4, 0.5) is 0 Å². The van der Waals surface area contributed by atoms with Gasteiger partial charge in [-0.3, -0.25) is 4.68 Å². The van der Waals surface area contributed by atoms with E-state index in [0.29, 0.717) is 23.2 Å². The molecule has 2 rings (SSSR count). The van der Waals surface area contributed by atoms with E-state index in [9.17, 15) is 0 Å². The molecule has 0 aliphatic carbocycles. The van der Waals surface area contributed by atoms with Crippen LogP contribution in [0.2, 0.25) is 5.02 Å². The molecule has 0 unspecified atom stereocenters. The summed E-state index contributed by atoms with van der Waals surface area (Å²) in [7, 11) is 0. The Morgan fingerprint density at radius 3 is 2.94 bits per heavy atom. The molecule has 0 aliphatic rings. The third kappa shape index (κ3) is 2.75. The van der Waals surface area contributed by atoms with Gasteiger partial charge < -0.3 is 10.5 Å². The zero-order valence-electron chi connectivity index (χ0n) is 9.43. The highest BCUT2D eigenvalue weighted by Crippen LogP contribution is 2.23. The highest BCUT2D eigenvalue weighted by atomic mass is 35.5. The summed E-state index contributed by atoms with van der Waals surface area (Å²) in [6, 6.07) is 1.73. The Hall–Kier alpha value is -1.59. The minimum atomic E-state index is 0.353. The first-order valence-corrected chi connectivity index (χ1v) is 5.65. The Labute approximate surface area is 104 Å². The molecule has 2 aromatic heterocycles. The number of pyridine rings is 1. The van der Waals surface area contributed by atoms with Gasteiger partial charge in [-0.05, 0) is 12.5 Å². The molecule has 0 saturated carbocycles. The molecule has 0 saturated heterocycles. The van der Waals surface area contributed by atoms with Crippen LogP contribution in [-0.4, -0.2) is 14.8 Å². The fourth-order valence-electron chi connectivity index (χ4n) is 1.36. The Bertz CT molecular complexity index is 512. The molecule has 0 amide bonds. The molecule has 0 aliphatic heterocycles. The predicted octanol–water partition coefficient (Wildman–Crippen LogP) is 2.20. The lowest BCUT2D eigenvalue weighted by Gasteiger charge is -2.04. The average Bonchev–Trinajstić information content (AvgIpc) is 2.79. The number of ether oxygens (including phenoxy) is 1. The first-order chi connectivity index (χ1) is 8.22. The smallest absolute Gasteiger partial charge is 0.219 e. The molecule has 0 bridgehead atoms. The van der Waals surface area contributed by atoms with Crippen LogP contribution in [0.25, 0.3) is 0 Å². The van der Waals surface area contributed by atoms with Gasteiger partial charge in [0.25, 0.3) is 0 Å². The van der Waals surface area contributed by atoms with Crippen molar-refractivity contribution in [3.05, 3.63) is 35.2 Å². The lowest BCUT2D eigenvalue weighted by Crippen LogP contribution is -1.98. The van der Waals surface area contributed by atoms with Gasteiger partial charge in [-0.2, -0.15) is 5.10 Å².